The minimum absolute atomic E-state index is 0.0171. The molecule has 3 atom stereocenters. The quantitative estimate of drug-likeness (QED) is 0.0216. The zero-order valence-corrected chi connectivity index (χ0v) is 88.2. The Balaban J connectivity index is 0.000000156. The number of aryl methyl sites for hydroxylation is 1. The highest BCUT2D eigenvalue weighted by molar-refractivity contribution is 7.91. The minimum Gasteiger partial charge on any atom is -0.493 e. The van der Waals surface area contributed by atoms with Gasteiger partial charge in [0, 0.05) is 102 Å². The van der Waals surface area contributed by atoms with Crippen molar-refractivity contribution in [3.8, 4) is 56.9 Å². The Bertz CT molecular complexity index is 7530. The van der Waals surface area contributed by atoms with E-state index >= 15 is 0 Å². The summed E-state index contributed by atoms with van der Waals surface area (Å²) >= 11 is 6.01. The van der Waals surface area contributed by atoms with E-state index in [1.165, 1.54) is 103 Å². The van der Waals surface area contributed by atoms with E-state index in [1.54, 1.807) is 48.7 Å². The van der Waals surface area contributed by atoms with Gasteiger partial charge in [0.25, 0.3) is 63.7 Å². The van der Waals surface area contributed by atoms with Gasteiger partial charge >= 0.3 is 0 Å². The number of nitrogens with zero attached hydrogens (tertiary/aromatic N) is 12. The highest BCUT2D eigenvalue weighted by Gasteiger charge is 2.53. The number of hydrogen-bond acceptors (Lipinski definition) is 33. The van der Waals surface area contributed by atoms with E-state index in [4.69, 9.17) is 69.9 Å². The van der Waals surface area contributed by atoms with E-state index in [-0.39, 0.29) is 111 Å². The molecule has 0 bridgehead atoms. The second-order valence-corrected chi connectivity index (χ2v) is 47.5. The third-order valence-corrected chi connectivity index (χ3v) is 31.7. The van der Waals surface area contributed by atoms with E-state index in [9.17, 15) is 61.6 Å². The number of amides is 4. The number of carbonyl (C=O) groups excluding carboxylic acids is 4. The van der Waals surface area contributed by atoms with Crippen molar-refractivity contribution in [3.05, 3.63) is 257 Å². The number of pyridine rings is 8. The van der Waals surface area contributed by atoms with E-state index in [2.05, 4.69) is 135 Å². The van der Waals surface area contributed by atoms with Gasteiger partial charge in [-0.2, -0.15) is 27.7 Å². The maximum Gasteiger partial charge on any atom is 0.281 e. The standard InChI is InChI=1S/C30H36FN5O4S.2C25H30N6O4S.C24H24ClFN4O4S/c1-19(2)16-40-22-14-20(13-21(31)15-22)24-10-9-23(28(37)35-41(38,39)26-8-5-7-25(32)34-26)27(33-24)36-18-30(11-6-12-30)17-29(36,3)4;1-15-13-25(3,4)31(14-15)23-18(24(32)30-36(33,34)20-9-6-12-28-22(20)26)10-11-19(29-23)17-8-5-7-16(2)21(17)35-27;1-16-13-25(2,3)31(14-16)23-19(24(32)30-36(33,34)21-5-4-12-28-22(21)26)10-11-20(29-23)18-8-6-17(7-9-18)15-35-27;1-15-13-24(2,3)30(14-15)22-17(6-5-11-27-22)23(31)29-35(32,33)21-8-4-7-20(28-21)34-19-12-16(26)9-10-18(19)25/h5,7-10,13-15,19H,6,11-12,16-18H2,1-4H3,(H2,32,34)(H,35,37);5-12,15H,13-14,27H2,1-4H3,(H2,26,28)(H,30,32);4-12,16H,13-15,27H2,1-3H3,(H2,26,28)(H,30,32);4-12,15H,13-14H2,1-3H3,(H,29,31)/t;15-;16-;/m.00./s1. The van der Waals surface area contributed by atoms with Crippen LogP contribution in [0, 0.1) is 47.6 Å². The largest absolute Gasteiger partial charge is 0.493 e. The van der Waals surface area contributed by atoms with Gasteiger partial charge < -0.3 is 51.1 Å². The molecular weight excluding hydrogens is 2000 g/mol. The summed E-state index contributed by atoms with van der Waals surface area (Å²) in [6, 6.07) is 47.4. The van der Waals surface area contributed by atoms with Gasteiger partial charge in [0.2, 0.25) is 5.88 Å². The molecule has 12 heterocycles. The first-order valence-corrected chi connectivity index (χ1v) is 53.9. The molecular formula is C104H120ClF2N21O16S4. The first kappa shape index (κ1) is 109. The Labute approximate surface area is 864 Å². The Morgan fingerprint density at radius 3 is 1.43 bits per heavy atom. The number of nitrogen functional groups attached to an aromatic ring is 3. The monoisotopic (exact) mass is 2120 g/mol. The van der Waals surface area contributed by atoms with Crippen molar-refractivity contribution in [1.29, 1.82) is 0 Å². The molecule has 12 aromatic rings. The molecule has 148 heavy (non-hydrogen) atoms. The normalized spacial score (nSPS) is 17.3. The maximum atomic E-state index is 14.6. The molecule has 4 amide bonds. The Morgan fingerprint density at radius 2 is 0.946 bits per heavy atom. The van der Waals surface area contributed by atoms with Crippen LogP contribution < -0.4 is 81.8 Å². The number of benzene rings is 4. The lowest BCUT2D eigenvalue weighted by atomic mass is 9.66. The highest BCUT2D eigenvalue weighted by Crippen LogP contribution is 2.56. The summed E-state index contributed by atoms with van der Waals surface area (Å²) in [4.78, 5) is 105. The fraction of sp³-hybridized carbons (Fsp3) is 0.346. The number of rotatable bonds is 27. The summed E-state index contributed by atoms with van der Waals surface area (Å²) in [5, 5.41) is -0.685. The third kappa shape index (κ3) is 25.3. The number of anilines is 7. The zero-order valence-electron chi connectivity index (χ0n) is 84.2. The van der Waals surface area contributed by atoms with Crippen molar-refractivity contribution < 1.29 is 80.8 Å². The first-order valence-electron chi connectivity index (χ1n) is 47.6. The molecule has 4 saturated heterocycles. The molecule has 0 radical (unpaired) electrons. The van der Waals surface area contributed by atoms with Gasteiger partial charge in [0.1, 0.15) is 67.9 Å². The molecule has 37 nitrogen and oxygen atoms in total. The van der Waals surface area contributed by atoms with Crippen LogP contribution in [0.1, 0.15) is 188 Å². The number of halogens is 3. The summed E-state index contributed by atoms with van der Waals surface area (Å²) in [5.41, 5.74) is 22.0. The van der Waals surface area contributed by atoms with Gasteiger partial charge in [-0.3, -0.25) is 24.0 Å². The Kier molecular flexibility index (Phi) is 32.6. The molecule has 1 saturated carbocycles. The van der Waals surface area contributed by atoms with Crippen molar-refractivity contribution >= 4 is 116 Å². The van der Waals surface area contributed by atoms with Crippen LogP contribution in [0.3, 0.4) is 0 Å². The van der Waals surface area contributed by atoms with E-state index in [0.29, 0.717) is 114 Å². The lowest BCUT2D eigenvalue weighted by Gasteiger charge is -2.38. The second kappa shape index (κ2) is 44.1. The van der Waals surface area contributed by atoms with Crippen molar-refractivity contribution in [3.63, 3.8) is 0 Å². The van der Waals surface area contributed by atoms with Crippen LogP contribution in [0.5, 0.6) is 23.1 Å². The van der Waals surface area contributed by atoms with Gasteiger partial charge in [-0.1, -0.05) is 101 Å². The van der Waals surface area contributed by atoms with E-state index in [0.717, 1.165) is 73.8 Å². The maximum absolute atomic E-state index is 14.6. The minimum atomic E-state index is -4.36. The number of nitrogens with one attached hydrogen (secondary N) is 4. The zero-order chi connectivity index (χ0) is 107. The molecule has 14 N–H and O–H groups in total. The Morgan fingerprint density at radius 1 is 0.480 bits per heavy atom. The van der Waals surface area contributed by atoms with Gasteiger partial charge in [0.15, 0.2) is 21.6 Å². The number of carbonyl (C=O) groups is 4. The van der Waals surface area contributed by atoms with Crippen LogP contribution >= 0.6 is 11.6 Å². The molecule has 4 aliphatic heterocycles. The van der Waals surface area contributed by atoms with Crippen LogP contribution in [0.2, 0.25) is 5.02 Å². The number of aromatic nitrogens is 8. The summed E-state index contributed by atoms with van der Waals surface area (Å²) in [6.07, 6.45) is 11.3. The lowest BCUT2D eigenvalue weighted by Crippen LogP contribution is -2.41. The first-order chi connectivity index (χ1) is 69.7. The summed E-state index contributed by atoms with van der Waals surface area (Å²) in [7, 11) is -17.2. The number of hydrogen-bond donors (Lipinski definition) is 9. The fourth-order valence-corrected chi connectivity index (χ4v) is 23.7. The van der Waals surface area contributed by atoms with Gasteiger partial charge in [0.05, 0.1) is 57.6 Å². The van der Waals surface area contributed by atoms with Crippen molar-refractivity contribution in [2.75, 3.05) is 69.6 Å². The number of para-hydroxylation sites is 1. The predicted octanol–water partition coefficient (Wildman–Crippen LogP) is 15.9. The second-order valence-electron chi connectivity index (χ2n) is 40.6. The van der Waals surface area contributed by atoms with Crippen molar-refractivity contribution in [2.45, 2.75) is 190 Å². The number of nitrogens with two attached hydrogens (primary N) is 5. The summed E-state index contributed by atoms with van der Waals surface area (Å²) in [6.45, 7) is 32.3. The molecule has 4 aromatic carbocycles. The summed E-state index contributed by atoms with van der Waals surface area (Å²) in [5.74, 6) is 9.62. The van der Waals surface area contributed by atoms with E-state index in [1.807, 2.05) is 73.0 Å². The van der Waals surface area contributed by atoms with Crippen LogP contribution in [-0.2, 0) is 51.5 Å². The van der Waals surface area contributed by atoms with Gasteiger partial charge in [-0.05, 0) is 262 Å². The molecule has 782 valence electrons. The van der Waals surface area contributed by atoms with Crippen LogP contribution in [-0.4, -0.2) is 152 Å². The van der Waals surface area contributed by atoms with E-state index < -0.39 is 80.4 Å². The van der Waals surface area contributed by atoms with Gasteiger partial charge in [-0.15, -0.1) is 0 Å². The van der Waals surface area contributed by atoms with Crippen LogP contribution in [0.25, 0.3) is 33.8 Å². The molecule has 1 aliphatic carbocycles. The average molecular weight is 2120 g/mol. The molecule has 1 spiro atoms. The molecule has 5 fully saturated rings. The van der Waals surface area contributed by atoms with Gasteiger partial charge in [-0.25, -0.2) is 85.3 Å². The fourth-order valence-electron chi connectivity index (χ4n) is 19.6. The lowest BCUT2D eigenvalue weighted by molar-refractivity contribution is 0.0972. The molecule has 1 unspecified atom stereocenters. The SMILES string of the molecule is CC(C)COc1cc(F)cc(-c2ccc(C(=O)NS(=O)(=O)c3cccc(N)n3)c(N3CC4(CCC4)CC3(C)C)n2)c1.CC1CN(c2ncccc2C(=O)NS(=O)(=O)c2cccc(Oc3cc(F)ccc3Cl)n2)C(C)(C)C1.C[C@@H]1CN(c2nc(-c3ccc(CON)cc3)ccc2C(=O)NS(=O)(=O)c2cccnc2N)C(C)(C)C1.Cc1cccc(-c2ccc(C(=O)NS(=O)(=O)c3cccnc3N)c(N3C[C@@H](C)CC3(C)C)n2)c1ON. The van der Waals surface area contributed by atoms with Crippen LogP contribution in [0.4, 0.5) is 49.5 Å². The van der Waals surface area contributed by atoms with Crippen LogP contribution in [0.15, 0.2) is 226 Å². The smallest absolute Gasteiger partial charge is 0.281 e. The number of ether oxygens (including phenoxy) is 2. The van der Waals surface area contributed by atoms with Crippen molar-refractivity contribution in [1.82, 2.24) is 58.8 Å². The molecule has 8 aromatic heterocycles. The summed E-state index contributed by atoms with van der Waals surface area (Å²) < 4.78 is 152. The average Bonchev–Trinajstić information content (AvgIpc) is 1.58. The Hall–Kier alpha value is -14.2. The highest BCUT2D eigenvalue weighted by atomic mass is 35.5. The molecule has 5 aliphatic rings. The van der Waals surface area contributed by atoms with Crippen molar-refractivity contribution in [2.24, 2.45) is 40.9 Å². The predicted molar refractivity (Wildman–Crippen MR) is 560 cm³/mol. The number of sulfonamides is 4. The molecule has 17 rings (SSSR count). The topological polar surface area (TPSA) is 536 Å². The molecule has 44 heteroatoms. The third-order valence-electron chi connectivity index (χ3n) is 26.1.